The highest BCUT2D eigenvalue weighted by Gasteiger charge is 2.51. The van der Waals surface area contributed by atoms with Crippen molar-refractivity contribution in [1.29, 1.82) is 0 Å². The van der Waals surface area contributed by atoms with E-state index in [0.29, 0.717) is 36.5 Å². The molecule has 0 spiro atoms. The molecule has 2 fully saturated rings. The van der Waals surface area contributed by atoms with Gasteiger partial charge in [-0.05, 0) is 44.6 Å². The molecule has 1 heterocycles. The van der Waals surface area contributed by atoms with Crippen molar-refractivity contribution in [2.45, 2.75) is 50.9 Å². The average molecular weight is 331 g/mol. The number of ether oxygens (including phenoxy) is 1. The number of fused-ring (bicyclic) bond motifs is 1. The second-order valence-corrected chi connectivity index (χ2v) is 7.37. The van der Waals surface area contributed by atoms with E-state index >= 15 is 0 Å². The Hall–Kier alpha value is -1.23. The van der Waals surface area contributed by atoms with Gasteiger partial charge in [0.05, 0.1) is 12.2 Å². The molecule has 132 valence electrons. The first-order chi connectivity index (χ1) is 11.7. The molecule has 1 aliphatic heterocycles. The van der Waals surface area contributed by atoms with Gasteiger partial charge in [-0.15, -0.1) is 0 Å². The van der Waals surface area contributed by atoms with Crippen LogP contribution in [0.2, 0.25) is 0 Å². The summed E-state index contributed by atoms with van der Waals surface area (Å²) in [4.78, 5) is 13.1. The van der Waals surface area contributed by atoms with E-state index in [2.05, 4.69) is 12.2 Å². The van der Waals surface area contributed by atoms with Gasteiger partial charge in [0.2, 0.25) is 0 Å². The number of hydrogen-bond donors (Lipinski definition) is 2. The van der Waals surface area contributed by atoms with Crippen LogP contribution in [-0.4, -0.2) is 42.8 Å². The fourth-order valence-corrected chi connectivity index (χ4v) is 4.41. The van der Waals surface area contributed by atoms with E-state index < -0.39 is 0 Å². The van der Waals surface area contributed by atoms with Crippen LogP contribution in [0.5, 0.6) is 0 Å². The number of carbonyl (C=O) groups is 1. The van der Waals surface area contributed by atoms with Gasteiger partial charge in [-0.25, -0.2) is 0 Å². The Labute approximate surface area is 144 Å². The molecule has 1 aromatic rings. The number of benzene rings is 1. The second kappa shape index (κ2) is 7.77. The third-order valence-corrected chi connectivity index (χ3v) is 5.76. The molecule has 0 amide bonds. The number of rotatable bonds is 7. The molecule has 3 rings (SSSR count). The van der Waals surface area contributed by atoms with Gasteiger partial charge in [0, 0.05) is 24.1 Å². The predicted molar refractivity (Wildman–Crippen MR) is 94.0 cm³/mol. The van der Waals surface area contributed by atoms with Crippen molar-refractivity contribution in [1.82, 2.24) is 5.32 Å². The van der Waals surface area contributed by atoms with Gasteiger partial charge in [0.15, 0.2) is 5.78 Å². The summed E-state index contributed by atoms with van der Waals surface area (Å²) in [5.41, 5.74) is 0.791. The summed E-state index contributed by atoms with van der Waals surface area (Å²) in [6.45, 7) is 2.39. The highest BCUT2D eigenvalue weighted by molar-refractivity contribution is 5.98. The Morgan fingerprint density at radius 1 is 1.29 bits per heavy atom. The number of likely N-dealkylation sites (N-methyl/N-ethyl adjacent to an activating group) is 1. The summed E-state index contributed by atoms with van der Waals surface area (Å²) >= 11 is 0. The van der Waals surface area contributed by atoms with Crippen molar-refractivity contribution < 1.29 is 14.6 Å². The number of Topliss-reactive ketones (excluding diaryl/α,β-unsaturated/α-hetero) is 1. The van der Waals surface area contributed by atoms with E-state index in [9.17, 15) is 9.90 Å². The molecule has 2 N–H and O–H groups in total. The highest BCUT2D eigenvalue weighted by atomic mass is 16.6. The third kappa shape index (κ3) is 3.71. The lowest BCUT2D eigenvalue weighted by Crippen LogP contribution is -2.35. The van der Waals surface area contributed by atoms with Crippen LogP contribution in [0.3, 0.4) is 0 Å². The molecule has 6 atom stereocenters. The van der Waals surface area contributed by atoms with Crippen LogP contribution in [0.1, 0.15) is 43.0 Å². The number of carbonyl (C=O) groups excluding carboxylic acids is 1. The maximum atomic E-state index is 13.1. The number of epoxide rings is 1. The zero-order valence-corrected chi connectivity index (χ0v) is 14.7. The molecule has 4 nitrogen and oxygen atoms in total. The first-order valence-electron chi connectivity index (χ1n) is 9.18. The van der Waals surface area contributed by atoms with E-state index in [1.807, 2.05) is 37.4 Å². The number of aliphatic hydroxyl groups is 1. The standard InChI is InChI=1S/C20H29NO3/c1-13-11-15(12-17(21-2)20-19(13)24-20)16(9-6-10-22)18(23)14-7-4-3-5-8-14/h3-5,7-8,13,15-17,19-22H,6,9-12H2,1-2H3. The Morgan fingerprint density at radius 2 is 2.04 bits per heavy atom. The van der Waals surface area contributed by atoms with Crippen molar-refractivity contribution >= 4 is 5.78 Å². The summed E-state index contributed by atoms with van der Waals surface area (Å²) in [5, 5.41) is 12.7. The molecule has 1 aliphatic carbocycles. The lowest BCUT2D eigenvalue weighted by atomic mass is 9.76. The van der Waals surface area contributed by atoms with Crippen molar-refractivity contribution in [3.63, 3.8) is 0 Å². The highest BCUT2D eigenvalue weighted by Crippen LogP contribution is 2.44. The maximum absolute atomic E-state index is 13.1. The Balaban J connectivity index is 1.80. The number of aliphatic hydroxyl groups excluding tert-OH is 1. The summed E-state index contributed by atoms with van der Waals surface area (Å²) < 4.78 is 5.84. The molecule has 2 aliphatic rings. The lowest BCUT2D eigenvalue weighted by Gasteiger charge is -2.29. The van der Waals surface area contributed by atoms with Crippen LogP contribution >= 0.6 is 0 Å². The minimum atomic E-state index is -0.0182. The molecule has 1 aromatic carbocycles. The van der Waals surface area contributed by atoms with Gasteiger partial charge in [0.25, 0.3) is 0 Å². The third-order valence-electron chi connectivity index (χ3n) is 5.76. The van der Waals surface area contributed by atoms with Crippen molar-refractivity contribution in [2.75, 3.05) is 13.7 Å². The minimum absolute atomic E-state index is 0.0182. The first kappa shape index (κ1) is 17.6. The Bertz CT molecular complexity index is 547. The Kier molecular flexibility index (Phi) is 5.69. The van der Waals surface area contributed by atoms with Gasteiger partial charge >= 0.3 is 0 Å². The second-order valence-electron chi connectivity index (χ2n) is 7.37. The van der Waals surface area contributed by atoms with Crippen molar-refractivity contribution in [3.8, 4) is 0 Å². The number of hydrogen-bond acceptors (Lipinski definition) is 4. The summed E-state index contributed by atoms with van der Waals surface area (Å²) in [5.74, 6) is 1.04. The topological polar surface area (TPSA) is 61.9 Å². The summed E-state index contributed by atoms with van der Waals surface area (Å²) in [6.07, 6.45) is 4.08. The predicted octanol–water partition coefficient (Wildman–Crippen LogP) is 2.66. The molecule has 1 saturated carbocycles. The molecule has 4 heteroatoms. The first-order valence-corrected chi connectivity index (χ1v) is 9.18. The quantitative estimate of drug-likeness (QED) is 0.596. The van der Waals surface area contributed by atoms with Crippen LogP contribution in [0.4, 0.5) is 0 Å². The number of ketones is 1. The normalized spacial score (nSPS) is 33.4. The molecule has 0 radical (unpaired) electrons. The van der Waals surface area contributed by atoms with Crippen molar-refractivity contribution in [3.05, 3.63) is 35.9 Å². The summed E-state index contributed by atoms with van der Waals surface area (Å²) in [7, 11) is 1.98. The van der Waals surface area contributed by atoms with Crippen LogP contribution in [0.15, 0.2) is 30.3 Å². The average Bonchev–Trinajstić information content (AvgIpc) is 3.40. The fraction of sp³-hybridized carbons (Fsp3) is 0.650. The maximum Gasteiger partial charge on any atom is 0.166 e. The van der Waals surface area contributed by atoms with E-state index in [4.69, 9.17) is 4.74 Å². The number of nitrogens with one attached hydrogen (secondary N) is 1. The Morgan fingerprint density at radius 3 is 2.71 bits per heavy atom. The minimum Gasteiger partial charge on any atom is -0.396 e. The molecular formula is C20H29NO3. The summed E-state index contributed by atoms with van der Waals surface area (Å²) in [6, 6.07) is 9.92. The lowest BCUT2D eigenvalue weighted by molar-refractivity contribution is 0.0810. The fourth-order valence-electron chi connectivity index (χ4n) is 4.41. The molecule has 0 bridgehead atoms. The van der Waals surface area contributed by atoms with E-state index in [-0.39, 0.29) is 18.3 Å². The van der Waals surface area contributed by atoms with E-state index in [1.165, 1.54) is 0 Å². The van der Waals surface area contributed by atoms with Crippen LogP contribution < -0.4 is 5.32 Å². The zero-order valence-electron chi connectivity index (χ0n) is 14.7. The van der Waals surface area contributed by atoms with Crippen molar-refractivity contribution in [2.24, 2.45) is 17.8 Å². The van der Waals surface area contributed by atoms with Gasteiger partial charge < -0.3 is 15.2 Å². The monoisotopic (exact) mass is 331 g/mol. The van der Waals surface area contributed by atoms with Gasteiger partial charge in [-0.3, -0.25) is 4.79 Å². The molecule has 1 saturated heterocycles. The van der Waals surface area contributed by atoms with Crippen LogP contribution in [0, 0.1) is 17.8 Å². The van der Waals surface area contributed by atoms with Gasteiger partial charge in [0.1, 0.15) is 0 Å². The van der Waals surface area contributed by atoms with Gasteiger partial charge in [-0.2, -0.15) is 0 Å². The zero-order chi connectivity index (χ0) is 17.1. The van der Waals surface area contributed by atoms with E-state index in [0.717, 1.165) is 24.8 Å². The molecular weight excluding hydrogens is 302 g/mol. The molecule has 0 aromatic heterocycles. The smallest absolute Gasteiger partial charge is 0.166 e. The van der Waals surface area contributed by atoms with Crippen LogP contribution in [-0.2, 0) is 4.74 Å². The largest absolute Gasteiger partial charge is 0.396 e. The molecule has 24 heavy (non-hydrogen) atoms. The molecule has 6 unspecified atom stereocenters. The van der Waals surface area contributed by atoms with E-state index in [1.54, 1.807) is 0 Å². The van der Waals surface area contributed by atoms with Gasteiger partial charge in [-0.1, -0.05) is 37.3 Å². The SMILES string of the molecule is CNC1CC(C(CCCO)C(=O)c2ccccc2)CC(C)C2OC12. The van der Waals surface area contributed by atoms with Crippen LogP contribution in [0.25, 0.3) is 0 Å².